The maximum absolute atomic E-state index is 13.3. The summed E-state index contributed by atoms with van der Waals surface area (Å²) >= 11 is 0. The highest BCUT2D eigenvalue weighted by Crippen LogP contribution is 2.25. The number of amides is 1. The number of nitrogens with one attached hydrogen (secondary N) is 1. The van der Waals surface area contributed by atoms with Crippen LogP contribution in [0.3, 0.4) is 0 Å². The van der Waals surface area contributed by atoms with Crippen molar-refractivity contribution in [3.05, 3.63) is 90.0 Å². The Kier molecular flexibility index (Phi) is 7.31. The number of rotatable bonds is 9. The van der Waals surface area contributed by atoms with E-state index in [1.54, 1.807) is 42.5 Å². The Morgan fingerprint density at radius 2 is 1.68 bits per heavy atom. The SMILES string of the molecule is CCOc1ccc(N(CC(=O)NCc2cccc(C)c2)S(=O)(=O)c2ccccc2)cc1. The number of nitrogens with zero attached hydrogens (tertiary/aromatic N) is 1. The number of hydrogen-bond acceptors (Lipinski definition) is 4. The van der Waals surface area contributed by atoms with E-state index in [-0.39, 0.29) is 11.4 Å². The molecule has 31 heavy (non-hydrogen) atoms. The van der Waals surface area contributed by atoms with Gasteiger partial charge in [-0.05, 0) is 55.8 Å². The van der Waals surface area contributed by atoms with Crippen LogP contribution in [0.4, 0.5) is 5.69 Å². The molecule has 0 radical (unpaired) electrons. The van der Waals surface area contributed by atoms with Crippen molar-refractivity contribution < 1.29 is 17.9 Å². The van der Waals surface area contributed by atoms with Crippen molar-refractivity contribution >= 4 is 21.6 Å². The lowest BCUT2D eigenvalue weighted by Crippen LogP contribution is -2.40. The Hall–Kier alpha value is -3.32. The minimum Gasteiger partial charge on any atom is -0.494 e. The van der Waals surface area contributed by atoms with Crippen LogP contribution in [0.2, 0.25) is 0 Å². The van der Waals surface area contributed by atoms with Gasteiger partial charge in [0.1, 0.15) is 12.3 Å². The van der Waals surface area contributed by atoms with Gasteiger partial charge in [0.25, 0.3) is 10.0 Å². The van der Waals surface area contributed by atoms with Crippen LogP contribution in [0.1, 0.15) is 18.1 Å². The van der Waals surface area contributed by atoms with Crippen LogP contribution in [-0.2, 0) is 21.4 Å². The molecule has 0 aliphatic carbocycles. The second-order valence-corrected chi connectivity index (χ2v) is 8.88. The maximum atomic E-state index is 13.3. The first-order chi connectivity index (χ1) is 14.9. The summed E-state index contributed by atoms with van der Waals surface area (Å²) < 4.78 is 33.2. The van der Waals surface area contributed by atoms with Crippen LogP contribution in [0.25, 0.3) is 0 Å². The second kappa shape index (κ2) is 10.1. The van der Waals surface area contributed by atoms with Gasteiger partial charge in [-0.1, -0.05) is 48.0 Å². The summed E-state index contributed by atoms with van der Waals surface area (Å²) in [7, 11) is -3.93. The monoisotopic (exact) mass is 438 g/mol. The van der Waals surface area contributed by atoms with Gasteiger partial charge in [-0.3, -0.25) is 9.10 Å². The summed E-state index contributed by atoms with van der Waals surface area (Å²) in [5, 5.41) is 2.81. The van der Waals surface area contributed by atoms with E-state index in [1.165, 1.54) is 12.1 Å². The fourth-order valence-electron chi connectivity index (χ4n) is 3.12. The van der Waals surface area contributed by atoms with Gasteiger partial charge in [0.05, 0.1) is 17.2 Å². The molecule has 0 aliphatic heterocycles. The topological polar surface area (TPSA) is 75.7 Å². The predicted octanol–water partition coefficient (Wildman–Crippen LogP) is 3.91. The molecule has 7 heteroatoms. The molecule has 0 saturated heterocycles. The fraction of sp³-hybridized carbons (Fsp3) is 0.208. The Balaban J connectivity index is 1.84. The van der Waals surface area contributed by atoms with E-state index in [4.69, 9.17) is 4.74 Å². The molecule has 0 heterocycles. The molecule has 1 N–H and O–H groups in total. The number of hydrogen-bond donors (Lipinski definition) is 1. The lowest BCUT2D eigenvalue weighted by Gasteiger charge is -2.24. The Morgan fingerprint density at radius 1 is 0.968 bits per heavy atom. The summed E-state index contributed by atoms with van der Waals surface area (Å²) in [6.07, 6.45) is 0. The second-order valence-electron chi connectivity index (χ2n) is 7.02. The number of benzene rings is 3. The van der Waals surface area contributed by atoms with E-state index in [2.05, 4.69) is 5.32 Å². The molecule has 1 amide bonds. The van der Waals surface area contributed by atoms with Crippen molar-refractivity contribution in [3.63, 3.8) is 0 Å². The standard InChI is InChI=1S/C24H26N2O4S/c1-3-30-22-14-12-21(13-15-22)26(31(28,29)23-10-5-4-6-11-23)18-24(27)25-17-20-9-7-8-19(2)16-20/h4-16H,3,17-18H2,1-2H3,(H,25,27). The smallest absolute Gasteiger partial charge is 0.264 e. The highest BCUT2D eigenvalue weighted by Gasteiger charge is 2.27. The molecule has 0 saturated carbocycles. The normalized spacial score (nSPS) is 11.0. The molecule has 0 aliphatic rings. The molecule has 3 aromatic rings. The third-order valence-corrected chi connectivity index (χ3v) is 6.41. The zero-order valence-electron chi connectivity index (χ0n) is 17.6. The van der Waals surface area contributed by atoms with Crippen LogP contribution in [0.15, 0.2) is 83.8 Å². The first-order valence-corrected chi connectivity index (χ1v) is 11.5. The van der Waals surface area contributed by atoms with E-state index in [9.17, 15) is 13.2 Å². The highest BCUT2D eigenvalue weighted by atomic mass is 32.2. The predicted molar refractivity (Wildman–Crippen MR) is 122 cm³/mol. The van der Waals surface area contributed by atoms with Gasteiger partial charge in [-0.2, -0.15) is 0 Å². The third kappa shape index (κ3) is 5.86. The lowest BCUT2D eigenvalue weighted by atomic mass is 10.1. The van der Waals surface area contributed by atoms with Crippen molar-refractivity contribution in [2.45, 2.75) is 25.3 Å². The van der Waals surface area contributed by atoms with Gasteiger partial charge in [0.2, 0.25) is 5.91 Å². The average Bonchev–Trinajstić information content (AvgIpc) is 2.77. The Morgan fingerprint density at radius 3 is 2.32 bits per heavy atom. The Labute approximate surface area is 183 Å². The number of anilines is 1. The molecule has 6 nitrogen and oxygen atoms in total. The fourth-order valence-corrected chi connectivity index (χ4v) is 4.56. The zero-order chi connectivity index (χ0) is 22.3. The zero-order valence-corrected chi connectivity index (χ0v) is 18.4. The summed E-state index contributed by atoms with van der Waals surface area (Å²) in [4.78, 5) is 12.8. The first kappa shape index (κ1) is 22.4. The van der Waals surface area contributed by atoms with Crippen molar-refractivity contribution in [2.75, 3.05) is 17.5 Å². The van der Waals surface area contributed by atoms with E-state index >= 15 is 0 Å². The first-order valence-electron chi connectivity index (χ1n) is 10.0. The number of sulfonamides is 1. The highest BCUT2D eigenvalue weighted by molar-refractivity contribution is 7.92. The third-order valence-electron chi connectivity index (χ3n) is 4.63. The molecule has 162 valence electrons. The molecule has 0 bridgehead atoms. The van der Waals surface area contributed by atoms with Crippen LogP contribution in [0, 0.1) is 6.92 Å². The van der Waals surface area contributed by atoms with Crippen molar-refractivity contribution in [1.82, 2.24) is 5.32 Å². The van der Waals surface area contributed by atoms with E-state index in [0.29, 0.717) is 24.6 Å². The van der Waals surface area contributed by atoms with Crippen molar-refractivity contribution in [2.24, 2.45) is 0 Å². The maximum Gasteiger partial charge on any atom is 0.264 e. The average molecular weight is 439 g/mol. The molecule has 3 rings (SSSR count). The van der Waals surface area contributed by atoms with Crippen molar-refractivity contribution in [1.29, 1.82) is 0 Å². The van der Waals surface area contributed by atoms with E-state index in [0.717, 1.165) is 15.4 Å². The number of aryl methyl sites for hydroxylation is 1. The molecule has 0 atom stereocenters. The van der Waals surface area contributed by atoms with Gasteiger partial charge in [0.15, 0.2) is 0 Å². The van der Waals surface area contributed by atoms with Crippen LogP contribution < -0.4 is 14.4 Å². The van der Waals surface area contributed by atoms with Gasteiger partial charge in [-0.25, -0.2) is 8.42 Å². The molecule has 0 unspecified atom stereocenters. The minimum atomic E-state index is -3.93. The molecule has 0 fully saturated rings. The van der Waals surface area contributed by atoms with E-state index < -0.39 is 15.9 Å². The minimum absolute atomic E-state index is 0.121. The molecule has 0 spiro atoms. The quantitative estimate of drug-likeness (QED) is 0.550. The molecular formula is C24H26N2O4S. The number of carbonyl (C=O) groups is 1. The van der Waals surface area contributed by atoms with Crippen LogP contribution in [0.5, 0.6) is 5.75 Å². The molecule has 0 aromatic heterocycles. The lowest BCUT2D eigenvalue weighted by molar-refractivity contribution is -0.119. The summed E-state index contributed by atoms with van der Waals surface area (Å²) in [5.41, 5.74) is 2.43. The summed E-state index contributed by atoms with van der Waals surface area (Å²) in [5.74, 6) is 0.238. The van der Waals surface area contributed by atoms with Crippen LogP contribution in [-0.4, -0.2) is 27.5 Å². The summed E-state index contributed by atoms with van der Waals surface area (Å²) in [6.45, 7) is 4.34. The molecule has 3 aromatic carbocycles. The van der Waals surface area contributed by atoms with Gasteiger partial charge >= 0.3 is 0 Å². The summed E-state index contributed by atoms with van der Waals surface area (Å²) in [6, 6.07) is 22.5. The number of ether oxygens (including phenoxy) is 1. The molecular weight excluding hydrogens is 412 g/mol. The Bertz CT molecular complexity index is 1110. The number of carbonyl (C=O) groups excluding carboxylic acids is 1. The van der Waals surface area contributed by atoms with Gasteiger partial charge < -0.3 is 10.1 Å². The van der Waals surface area contributed by atoms with Crippen molar-refractivity contribution in [3.8, 4) is 5.75 Å². The largest absolute Gasteiger partial charge is 0.494 e. The van der Waals surface area contributed by atoms with E-state index in [1.807, 2.05) is 38.1 Å². The van der Waals surface area contributed by atoms with Crippen LogP contribution >= 0.6 is 0 Å². The van der Waals surface area contributed by atoms with Gasteiger partial charge in [0, 0.05) is 6.54 Å². The van der Waals surface area contributed by atoms with Gasteiger partial charge in [-0.15, -0.1) is 0 Å².